The summed E-state index contributed by atoms with van der Waals surface area (Å²) < 4.78 is 0. The smallest absolute Gasteiger partial charge is 0.00980 e. The minimum atomic E-state index is 0.573. The Morgan fingerprint density at radius 2 is 1.75 bits per heavy atom. The summed E-state index contributed by atoms with van der Waals surface area (Å²) in [6.07, 6.45) is 10.1. The highest BCUT2D eigenvalue weighted by Crippen LogP contribution is 2.41. The molecule has 2 rings (SSSR count). The van der Waals surface area contributed by atoms with Gasteiger partial charge in [-0.3, -0.25) is 0 Å². The van der Waals surface area contributed by atoms with Gasteiger partial charge in [-0.15, -0.1) is 0 Å². The van der Waals surface area contributed by atoms with Gasteiger partial charge in [0.2, 0.25) is 0 Å². The third-order valence-electron chi connectivity index (χ3n) is 4.73. The summed E-state index contributed by atoms with van der Waals surface area (Å²) in [5.41, 5.74) is 0.573. The van der Waals surface area contributed by atoms with Crippen LogP contribution in [0.1, 0.15) is 65.7 Å². The lowest BCUT2D eigenvalue weighted by molar-refractivity contribution is 0.308. The summed E-state index contributed by atoms with van der Waals surface area (Å²) in [6.45, 7) is 8.55. The Labute approximate surface area is 101 Å². The third kappa shape index (κ3) is 3.23. The van der Waals surface area contributed by atoms with Crippen LogP contribution in [0, 0.1) is 17.3 Å². The van der Waals surface area contributed by atoms with Gasteiger partial charge in [0.25, 0.3) is 0 Å². The summed E-state index contributed by atoms with van der Waals surface area (Å²) in [5, 5.41) is 3.86. The molecule has 0 saturated heterocycles. The van der Waals surface area contributed by atoms with Crippen LogP contribution in [0.3, 0.4) is 0 Å². The lowest BCUT2D eigenvalue weighted by atomic mass is 9.89. The van der Waals surface area contributed by atoms with E-state index < -0.39 is 0 Å². The molecule has 0 amide bonds. The Bertz CT molecular complexity index is 215. The van der Waals surface area contributed by atoms with E-state index in [0.29, 0.717) is 5.41 Å². The van der Waals surface area contributed by atoms with Crippen LogP contribution < -0.4 is 5.32 Å². The molecule has 0 heterocycles. The largest absolute Gasteiger partial charge is 0.313 e. The first-order valence-corrected chi connectivity index (χ1v) is 7.30. The normalized spacial score (nSPS) is 35.4. The third-order valence-corrected chi connectivity index (χ3v) is 4.73. The molecule has 0 bridgehead atoms. The molecule has 2 aliphatic rings. The summed E-state index contributed by atoms with van der Waals surface area (Å²) in [7, 11) is 0. The number of hydrogen-bond acceptors (Lipinski definition) is 1. The first-order valence-electron chi connectivity index (χ1n) is 7.30. The Hall–Kier alpha value is -0.0400. The van der Waals surface area contributed by atoms with Crippen LogP contribution in [-0.4, -0.2) is 12.6 Å². The standard InChI is InChI=1S/C15H29N/c1-12-9-15(2,3)10-14(12)16-11-13-7-5-4-6-8-13/h12-14,16H,4-11H2,1-3H3. The average molecular weight is 223 g/mol. The van der Waals surface area contributed by atoms with E-state index in [-0.39, 0.29) is 0 Å². The Morgan fingerprint density at radius 3 is 2.31 bits per heavy atom. The van der Waals surface area contributed by atoms with Crippen molar-refractivity contribution in [2.45, 2.75) is 71.8 Å². The van der Waals surface area contributed by atoms with Crippen LogP contribution in [0.4, 0.5) is 0 Å². The van der Waals surface area contributed by atoms with Gasteiger partial charge in [0.1, 0.15) is 0 Å². The van der Waals surface area contributed by atoms with Crippen molar-refractivity contribution in [3.63, 3.8) is 0 Å². The predicted octanol–water partition coefficient (Wildman–Crippen LogP) is 3.98. The highest BCUT2D eigenvalue weighted by molar-refractivity contribution is 4.91. The topological polar surface area (TPSA) is 12.0 Å². The van der Waals surface area contributed by atoms with Gasteiger partial charge in [0.05, 0.1) is 0 Å². The van der Waals surface area contributed by atoms with Crippen LogP contribution >= 0.6 is 0 Å². The van der Waals surface area contributed by atoms with E-state index in [2.05, 4.69) is 26.1 Å². The summed E-state index contributed by atoms with van der Waals surface area (Å²) in [6, 6.07) is 0.789. The van der Waals surface area contributed by atoms with E-state index in [0.717, 1.165) is 17.9 Å². The minimum absolute atomic E-state index is 0.573. The lowest BCUT2D eigenvalue weighted by Gasteiger charge is -2.25. The van der Waals surface area contributed by atoms with Crippen LogP contribution in [0.15, 0.2) is 0 Å². The maximum atomic E-state index is 3.86. The van der Waals surface area contributed by atoms with E-state index in [1.54, 1.807) is 0 Å². The maximum absolute atomic E-state index is 3.86. The van der Waals surface area contributed by atoms with Gasteiger partial charge in [-0.2, -0.15) is 0 Å². The van der Waals surface area contributed by atoms with Crippen LogP contribution in [-0.2, 0) is 0 Å². The molecule has 1 heteroatoms. The van der Waals surface area contributed by atoms with E-state index in [9.17, 15) is 0 Å². The number of nitrogens with one attached hydrogen (secondary N) is 1. The molecule has 0 radical (unpaired) electrons. The van der Waals surface area contributed by atoms with Crippen LogP contribution in [0.5, 0.6) is 0 Å². The van der Waals surface area contributed by atoms with Crippen molar-refractivity contribution in [2.75, 3.05) is 6.54 Å². The second-order valence-corrected chi connectivity index (χ2v) is 7.07. The quantitative estimate of drug-likeness (QED) is 0.763. The van der Waals surface area contributed by atoms with Gasteiger partial charge in [-0.1, -0.05) is 40.0 Å². The second kappa shape index (κ2) is 5.08. The highest BCUT2D eigenvalue weighted by atomic mass is 14.9. The minimum Gasteiger partial charge on any atom is -0.313 e. The van der Waals surface area contributed by atoms with E-state index in [4.69, 9.17) is 0 Å². The molecule has 1 N–H and O–H groups in total. The van der Waals surface area contributed by atoms with Crippen molar-refractivity contribution in [1.82, 2.24) is 5.32 Å². The summed E-state index contributed by atoms with van der Waals surface area (Å²) >= 11 is 0. The van der Waals surface area contributed by atoms with Crippen molar-refractivity contribution in [3.8, 4) is 0 Å². The molecule has 2 atom stereocenters. The Balaban J connectivity index is 1.73. The van der Waals surface area contributed by atoms with Crippen molar-refractivity contribution in [3.05, 3.63) is 0 Å². The zero-order valence-electron chi connectivity index (χ0n) is 11.4. The molecule has 2 saturated carbocycles. The van der Waals surface area contributed by atoms with Gasteiger partial charge in [-0.25, -0.2) is 0 Å². The van der Waals surface area contributed by atoms with Gasteiger partial charge in [-0.05, 0) is 49.5 Å². The molecule has 2 unspecified atom stereocenters. The maximum Gasteiger partial charge on any atom is 0.00980 e. The fraction of sp³-hybridized carbons (Fsp3) is 1.00. The fourth-order valence-electron chi connectivity index (χ4n) is 3.88. The van der Waals surface area contributed by atoms with Gasteiger partial charge < -0.3 is 5.32 Å². The molecule has 94 valence electrons. The Morgan fingerprint density at radius 1 is 1.06 bits per heavy atom. The summed E-state index contributed by atoms with van der Waals surface area (Å²) in [5.74, 6) is 1.85. The first kappa shape index (κ1) is 12.4. The van der Waals surface area contributed by atoms with Gasteiger partial charge in [0.15, 0.2) is 0 Å². The molecule has 16 heavy (non-hydrogen) atoms. The van der Waals surface area contributed by atoms with Gasteiger partial charge >= 0.3 is 0 Å². The van der Waals surface area contributed by atoms with Crippen molar-refractivity contribution < 1.29 is 0 Å². The predicted molar refractivity (Wildman–Crippen MR) is 70.5 cm³/mol. The lowest BCUT2D eigenvalue weighted by Crippen LogP contribution is -2.36. The molecular weight excluding hydrogens is 194 g/mol. The van der Waals surface area contributed by atoms with E-state index in [1.165, 1.54) is 51.5 Å². The van der Waals surface area contributed by atoms with E-state index >= 15 is 0 Å². The zero-order chi connectivity index (χ0) is 11.6. The van der Waals surface area contributed by atoms with E-state index in [1.807, 2.05) is 0 Å². The number of hydrogen-bond donors (Lipinski definition) is 1. The molecule has 1 nitrogen and oxygen atoms in total. The van der Waals surface area contributed by atoms with Crippen molar-refractivity contribution >= 4 is 0 Å². The zero-order valence-corrected chi connectivity index (χ0v) is 11.4. The monoisotopic (exact) mass is 223 g/mol. The van der Waals surface area contributed by atoms with Gasteiger partial charge in [0, 0.05) is 6.04 Å². The van der Waals surface area contributed by atoms with Crippen LogP contribution in [0.25, 0.3) is 0 Å². The number of rotatable bonds is 3. The molecule has 0 aromatic heterocycles. The highest BCUT2D eigenvalue weighted by Gasteiger charge is 2.36. The average Bonchev–Trinajstić information content (AvgIpc) is 2.50. The first-order chi connectivity index (χ1) is 7.57. The molecular formula is C15H29N. The fourth-order valence-corrected chi connectivity index (χ4v) is 3.88. The second-order valence-electron chi connectivity index (χ2n) is 7.07. The Kier molecular flexibility index (Phi) is 3.94. The molecule has 0 aromatic rings. The molecule has 2 fully saturated rings. The van der Waals surface area contributed by atoms with Crippen molar-refractivity contribution in [2.24, 2.45) is 17.3 Å². The van der Waals surface area contributed by atoms with Crippen molar-refractivity contribution in [1.29, 1.82) is 0 Å². The summed E-state index contributed by atoms with van der Waals surface area (Å²) in [4.78, 5) is 0. The van der Waals surface area contributed by atoms with Crippen LogP contribution in [0.2, 0.25) is 0 Å². The SMILES string of the molecule is CC1CC(C)(C)CC1NCC1CCCCC1. The molecule has 0 aliphatic heterocycles. The molecule has 2 aliphatic carbocycles. The molecule has 0 spiro atoms. The molecule has 0 aromatic carbocycles.